The minimum Gasteiger partial charge on any atom is -0.203 e. The molecule has 2 aromatic rings. The second-order valence-corrected chi connectivity index (χ2v) is 5.41. The van der Waals surface area contributed by atoms with Gasteiger partial charge in [-0.15, -0.1) is 0 Å². The molecule has 21 heavy (non-hydrogen) atoms. The lowest BCUT2D eigenvalue weighted by molar-refractivity contribution is 0.502. The first-order valence-electron chi connectivity index (χ1n) is 7.73. The highest BCUT2D eigenvalue weighted by Crippen LogP contribution is 2.27. The highest BCUT2D eigenvalue weighted by atomic mass is 19.2. The van der Waals surface area contributed by atoms with E-state index in [9.17, 15) is 8.78 Å². The van der Waals surface area contributed by atoms with E-state index in [1.54, 1.807) is 12.1 Å². The number of aryl methyl sites for hydroxylation is 2. The third kappa shape index (κ3) is 3.69. The molecular weight excluding hydrogens is 266 g/mol. The molecule has 0 aliphatic carbocycles. The second-order valence-electron chi connectivity index (χ2n) is 5.41. The number of hydrogen-bond acceptors (Lipinski definition) is 0. The predicted molar refractivity (Wildman–Crippen MR) is 84.4 cm³/mol. The van der Waals surface area contributed by atoms with E-state index < -0.39 is 11.6 Å². The number of benzene rings is 2. The van der Waals surface area contributed by atoms with Crippen molar-refractivity contribution in [1.82, 2.24) is 0 Å². The summed E-state index contributed by atoms with van der Waals surface area (Å²) in [6.07, 6.45) is 5.13. The molecule has 0 atom stereocenters. The van der Waals surface area contributed by atoms with E-state index in [4.69, 9.17) is 0 Å². The van der Waals surface area contributed by atoms with Gasteiger partial charge in [0.15, 0.2) is 11.6 Å². The van der Waals surface area contributed by atoms with Gasteiger partial charge in [-0.2, -0.15) is 0 Å². The highest BCUT2D eigenvalue weighted by Gasteiger charge is 2.13. The van der Waals surface area contributed by atoms with Crippen molar-refractivity contribution in [2.45, 2.75) is 46.0 Å². The van der Waals surface area contributed by atoms with Gasteiger partial charge < -0.3 is 0 Å². The Balaban J connectivity index is 2.21. The van der Waals surface area contributed by atoms with E-state index >= 15 is 0 Å². The summed E-state index contributed by atoms with van der Waals surface area (Å²) < 4.78 is 28.0. The van der Waals surface area contributed by atoms with Crippen LogP contribution in [0.5, 0.6) is 0 Å². The average Bonchev–Trinajstić information content (AvgIpc) is 2.51. The molecule has 0 saturated heterocycles. The van der Waals surface area contributed by atoms with Crippen LogP contribution in [0.3, 0.4) is 0 Å². The van der Waals surface area contributed by atoms with Gasteiger partial charge in [0.05, 0.1) is 0 Å². The van der Waals surface area contributed by atoms with Gasteiger partial charge in [0, 0.05) is 5.56 Å². The summed E-state index contributed by atoms with van der Waals surface area (Å²) in [5.41, 5.74) is 2.74. The summed E-state index contributed by atoms with van der Waals surface area (Å²) >= 11 is 0. The van der Waals surface area contributed by atoms with Crippen LogP contribution in [0.15, 0.2) is 36.4 Å². The van der Waals surface area contributed by atoms with Crippen molar-refractivity contribution in [3.63, 3.8) is 0 Å². The van der Waals surface area contributed by atoms with Gasteiger partial charge in [0.2, 0.25) is 0 Å². The Labute approximate surface area is 125 Å². The Morgan fingerprint density at radius 2 is 1.52 bits per heavy atom. The van der Waals surface area contributed by atoms with Gasteiger partial charge in [-0.1, -0.05) is 63.1 Å². The fourth-order valence-corrected chi connectivity index (χ4v) is 2.52. The summed E-state index contributed by atoms with van der Waals surface area (Å²) in [6.45, 7) is 4.00. The van der Waals surface area contributed by atoms with Crippen LogP contribution in [-0.4, -0.2) is 0 Å². The smallest absolute Gasteiger partial charge is 0.166 e. The van der Waals surface area contributed by atoms with Crippen LogP contribution in [0, 0.1) is 11.6 Å². The molecular formula is C19H22F2. The zero-order chi connectivity index (χ0) is 15.2. The van der Waals surface area contributed by atoms with E-state index in [2.05, 4.69) is 6.92 Å². The fraction of sp³-hybridized carbons (Fsp3) is 0.368. The maximum atomic E-state index is 14.1. The molecule has 2 rings (SSSR count). The van der Waals surface area contributed by atoms with Crippen molar-refractivity contribution in [1.29, 1.82) is 0 Å². The van der Waals surface area contributed by atoms with E-state index in [1.165, 1.54) is 24.8 Å². The zero-order valence-corrected chi connectivity index (χ0v) is 12.8. The van der Waals surface area contributed by atoms with Crippen LogP contribution in [0.4, 0.5) is 8.78 Å². The van der Waals surface area contributed by atoms with Gasteiger partial charge in [0.1, 0.15) is 0 Å². The van der Waals surface area contributed by atoms with Crippen molar-refractivity contribution < 1.29 is 8.78 Å². The number of hydrogen-bond donors (Lipinski definition) is 0. The summed E-state index contributed by atoms with van der Waals surface area (Å²) in [6, 6.07) is 11.1. The van der Waals surface area contributed by atoms with Gasteiger partial charge in [-0.25, -0.2) is 8.78 Å². The Morgan fingerprint density at radius 3 is 2.14 bits per heavy atom. The predicted octanol–water partition coefficient (Wildman–Crippen LogP) is 5.93. The van der Waals surface area contributed by atoms with Gasteiger partial charge in [0.25, 0.3) is 0 Å². The van der Waals surface area contributed by atoms with Crippen LogP contribution in [-0.2, 0) is 12.8 Å². The molecule has 0 radical (unpaired) electrons. The molecule has 0 aliphatic rings. The minimum atomic E-state index is -0.743. The Morgan fingerprint density at radius 1 is 0.810 bits per heavy atom. The van der Waals surface area contributed by atoms with E-state index in [0.29, 0.717) is 17.5 Å². The monoisotopic (exact) mass is 288 g/mol. The third-order valence-electron chi connectivity index (χ3n) is 3.88. The van der Waals surface area contributed by atoms with Crippen molar-refractivity contribution in [3.8, 4) is 11.1 Å². The molecule has 0 unspecified atom stereocenters. The standard InChI is InChI=1S/C19H22F2/c1-3-5-6-7-14-8-10-16(11-9-14)17-13-12-15(4-2)18(20)19(17)21/h8-13H,3-7H2,1-2H3. The Kier molecular flexibility index (Phi) is 5.49. The topological polar surface area (TPSA) is 0 Å². The normalized spacial score (nSPS) is 10.9. The molecule has 112 valence electrons. The van der Waals surface area contributed by atoms with Crippen molar-refractivity contribution in [2.75, 3.05) is 0 Å². The van der Waals surface area contributed by atoms with Crippen LogP contribution in [0.2, 0.25) is 0 Å². The van der Waals surface area contributed by atoms with Gasteiger partial charge in [-0.3, -0.25) is 0 Å². The van der Waals surface area contributed by atoms with Crippen LogP contribution < -0.4 is 0 Å². The first kappa shape index (κ1) is 15.7. The molecule has 0 aromatic heterocycles. The first-order valence-corrected chi connectivity index (χ1v) is 7.73. The Bertz CT molecular complexity index is 585. The summed E-state index contributed by atoms with van der Waals surface area (Å²) in [4.78, 5) is 0. The summed E-state index contributed by atoms with van der Waals surface area (Å²) in [5, 5.41) is 0. The minimum absolute atomic E-state index is 0.338. The quantitative estimate of drug-likeness (QED) is 0.578. The first-order chi connectivity index (χ1) is 10.2. The number of rotatable bonds is 6. The van der Waals surface area contributed by atoms with E-state index in [1.807, 2.05) is 31.2 Å². The number of halogens is 2. The molecule has 0 nitrogen and oxygen atoms in total. The Hall–Kier alpha value is -1.70. The maximum absolute atomic E-state index is 14.1. The lowest BCUT2D eigenvalue weighted by Gasteiger charge is -2.08. The molecule has 0 spiro atoms. The molecule has 0 heterocycles. The molecule has 0 bridgehead atoms. The molecule has 0 fully saturated rings. The third-order valence-corrected chi connectivity index (χ3v) is 3.88. The highest BCUT2D eigenvalue weighted by molar-refractivity contribution is 5.65. The van der Waals surface area contributed by atoms with E-state index in [-0.39, 0.29) is 0 Å². The van der Waals surface area contributed by atoms with Crippen molar-refractivity contribution in [2.24, 2.45) is 0 Å². The second kappa shape index (κ2) is 7.35. The van der Waals surface area contributed by atoms with Gasteiger partial charge in [-0.05, 0) is 36.0 Å². The van der Waals surface area contributed by atoms with Crippen molar-refractivity contribution >= 4 is 0 Å². The largest absolute Gasteiger partial charge is 0.203 e. The van der Waals surface area contributed by atoms with Gasteiger partial charge >= 0.3 is 0 Å². The molecule has 0 aliphatic heterocycles. The molecule has 0 amide bonds. The fourth-order valence-electron chi connectivity index (χ4n) is 2.52. The average molecular weight is 288 g/mol. The SMILES string of the molecule is CCCCCc1ccc(-c2ccc(CC)c(F)c2F)cc1. The number of unbranched alkanes of at least 4 members (excludes halogenated alkanes) is 2. The lowest BCUT2D eigenvalue weighted by Crippen LogP contribution is -1.96. The summed E-state index contributed by atoms with van der Waals surface area (Å²) in [5.74, 6) is -1.46. The molecule has 2 heteroatoms. The van der Waals surface area contributed by atoms with Crippen molar-refractivity contribution in [3.05, 3.63) is 59.2 Å². The molecule has 0 N–H and O–H groups in total. The van der Waals surface area contributed by atoms with Crippen LogP contribution >= 0.6 is 0 Å². The lowest BCUT2D eigenvalue weighted by atomic mass is 9.99. The summed E-state index contributed by atoms with van der Waals surface area (Å²) in [7, 11) is 0. The van der Waals surface area contributed by atoms with E-state index in [0.717, 1.165) is 12.0 Å². The van der Waals surface area contributed by atoms with Crippen LogP contribution in [0.25, 0.3) is 11.1 Å². The van der Waals surface area contributed by atoms with Crippen LogP contribution in [0.1, 0.15) is 44.2 Å². The zero-order valence-electron chi connectivity index (χ0n) is 12.8. The molecule has 0 saturated carbocycles. The maximum Gasteiger partial charge on any atom is 0.166 e. The molecule has 2 aromatic carbocycles.